The van der Waals surface area contributed by atoms with Crippen LogP contribution in [0.2, 0.25) is 0 Å². The van der Waals surface area contributed by atoms with E-state index in [0.717, 1.165) is 6.42 Å². The van der Waals surface area contributed by atoms with Crippen molar-refractivity contribution < 1.29 is 28.5 Å². The third kappa shape index (κ3) is 4.50. The number of ether oxygens (including phenoxy) is 4. The fourth-order valence-corrected chi connectivity index (χ4v) is 2.13. The van der Waals surface area contributed by atoms with Gasteiger partial charge in [-0.2, -0.15) is 0 Å². The summed E-state index contributed by atoms with van der Waals surface area (Å²) in [5.74, 6) is -0.00423. The minimum atomic E-state index is -0.635. The van der Waals surface area contributed by atoms with Crippen molar-refractivity contribution in [2.75, 3.05) is 27.9 Å². The fraction of sp³-hybridized carbons (Fsp3) is 0.444. The zero-order chi connectivity index (χ0) is 18.1. The van der Waals surface area contributed by atoms with Crippen LogP contribution in [0.3, 0.4) is 0 Å². The van der Waals surface area contributed by atoms with E-state index in [9.17, 15) is 9.59 Å². The van der Waals surface area contributed by atoms with Gasteiger partial charge in [0, 0.05) is 5.56 Å². The zero-order valence-corrected chi connectivity index (χ0v) is 14.8. The molecule has 0 aromatic heterocycles. The molecule has 0 aliphatic heterocycles. The lowest BCUT2D eigenvalue weighted by Gasteiger charge is -2.14. The predicted molar refractivity (Wildman–Crippen MR) is 90.1 cm³/mol. The maximum Gasteiger partial charge on any atom is 0.341 e. The molecular formula is C18H24O6. The number of benzene rings is 1. The molecule has 0 atom stereocenters. The Morgan fingerprint density at radius 1 is 1.00 bits per heavy atom. The second kappa shape index (κ2) is 9.60. The number of carbonyl (C=O) groups is 2. The topological polar surface area (TPSA) is 71.1 Å². The predicted octanol–water partition coefficient (Wildman–Crippen LogP) is 3.18. The first-order valence-electron chi connectivity index (χ1n) is 7.75. The number of ketones is 1. The highest BCUT2D eigenvalue weighted by Crippen LogP contribution is 2.38. The van der Waals surface area contributed by atoms with Gasteiger partial charge in [-0.1, -0.05) is 19.4 Å². The number of carbonyl (C=O) groups excluding carboxylic acids is 2. The van der Waals surface area contributed by atoms with Crippen molar-refractivity contribution in [2.24, 2.45) is 0 Å². The molecule has 1 rings (SSSR count). The van der Waals surface area contributed by atoms with Crippen LogP contribution in [0.15, 0.2) is 23.8 Å². The highest BCUT2D eigenvalue weighted by atomic mass is 16.5. The molecule has 0 N–H and O–H groups in total. The monoisotopic (exact) mass is 336 g/mol. The highest BCUT2D eigenvalue weighted by molar-refractivity contribution is 6.24. The van der Waals surface area contributed by atoms with Crippen LogP contribution in [0.25, 0.3) is 0 Å². The maximum atomic E-state index is 12.8. The first kappa shape index (κ1) is 19.5. The quantitative estimate of drug-likeness (QED) is 0.227. The van der Waals surface area contributed by atoms with E-state index in [0.29, 0.717) is 23.7 Å². The van der Waals surface area contributed by atoms with Crippen LogP contribution >= 0.6 is 0 Å². The first-order valence-corrected chi connectivity index (χ1v) is 7.75. The molecule has 6 nitrogen and oxygen atoms in total. The van der Waals surface area contributed by atoms with Gasteiger partial charge in [0.1, 0.15) is 5.57 Å². The van der Waals surface area contributed by atoms with Gasteiger partial charge in [0.05, 0.1) is 27.9 Å². The Hall–Kier alpha value is -2.50. The van der Waals surface area contributed by atoms with Crippen LogP contribution in [0.5, 0.6) is 17.2 Å². The van der Waals surface area contributed by atoms with Crippen LogP contribution in [0.4, 0.5) is 0 Å². The zero-order valence-electron chi connectivity index (χ0n) is 14.8. The first-order chi connectivity index (χ1) is 11.5. The summed E-state index contributed by atoms with van der Waals surface area (Å²) in [7, 11) is 4.41. The lowest BCUT2D eigenvalue weighted by molar-refractivity contribution is -0.138. The van der Waals surface area contributed by atoms with Gasteiger partial charge in [0.25, 0.3) is 0 Å². The standard InChI is InChI=1S/C18H24O6/c1-6-8-9-13(18(20)24-7-2)16(19)12-10-14(21-3)17(23-5)15(11-12)22-4/h9-11H,6-8H2,1-5H3/b13-9-. The van der Waals surface area contributed by atoms with Crippen LogP contribution in [-0.2, 0) is 9.53 Å². The van der Waals surface area contributed by atoms with Gasteiger partial charge in [-0.15, -0.1) is 0 Å². The number of allylic oxidation sites excluding steroid dienone is 1. The van der Waals surface area contributed by atoms with Crippen LogP contribution in [-0.4, -0.2) is 39.7 Å². The smallest absolute Gasteiger partial charge is 0.341 e. The summed E-state index contributed by atoms with van der Waals surface area (Å²) >= 11 is 0. The van der Waals surface area contributed by atoms with E-state index in [1.165, 1.54) is 33.5 Å². The van der Waals surface area contributed by atoms with Gasteiger partial charge in [0.2, 0.25) is 5.75 Å². The van der Waals surface area contributed by atoms with E-state index in [-0.39, 0.29) is 17.7 Å². The highest BCUT2D eigenvalue weighted by Gasteiger charge is 2.24. The number of esters is 1. The van der Waals surface area contributed by atoms with E-state index >= 15 is 0 Å². The number of unbranched alkanes of at least 4 members (excludes halogenated alkanes) is 1. The molecule has 0 saturated carbocycles. The van der Waals surface area contributed by atoms with Crippen LogP contribution in [0.1, 0.15) is 37.0 Å². The van der Waals surface area contributed by atoms with E-state index in [1.54, 1.807) is 13.0 Å². The van der Waals surface area contributed by atoms with Gasteiger partial charge in [-0.3, -0.25) is 4.79 Å². The van der Waals surface area contributed by atoms with Crippen molar-refractivity contribution in [3.8, 4) is 17.2 Å². The van der Waals surface area contributed by atoms with Crippen LogP contribution in [0, 0.1) is 0 Å². The van der Waals surface area contributed by atoms with E-state index in [2.05, 4.69) is 0 Å². The molecule has 0 heterocycles. The summed E-state index contributed by atoms with van der Waals surface area (Å²) in [5.41, 5.74) is 0.271. The van der Waals surface area contributed by atoms with Crippen molar-refractivity contribution in [1.29, 1.82) is 0 Å². The van der Waals surface area contributed by atoms with Crippen molar-refractivity contribution in [3.05, 3.63) is 29.3 Å². The molecule has 24 heavy (non-hydrogen) atoms. The molecular weight excluding hydrogens is 312 g/mol. The maximum absolute atomic E-state index is 12.8. The third-order valence-electron chi connectivity index (χ3n) is 3.30. The van der Waals surface area contributed by atoms with Crippen LogP contribution < -0.4 is 14.2 Å². The van der Waals surface area contributed by atoms with E-state index < -0.39 is 11.8 Å². The van der Waals surface area contributed by atoms with Gasteiger partial charge < -0.3 is 18.9 Å². The normalized spacial score (nSPS) is 11.0. The second-order valence-electron chi connectivity index (χ2n) is 4.87. The Balaban J connectivity index is 3.35. The summed E-state index contributed by atoms with van der Waals surface area (Å²) in [6.07, 6.45) is 3.01. The molecule has 1 aromatic rings. The molecule has 0 radical (unpaired) electrons. The number of Topliss-reactive ketones (excluding diaryl/α,β-unsaturated/α-hetero) is 1. The molecule has 0 saturated heterocycles. The average Bonchev–Trinajstić information content (AvgIpc) is 2.60. The van der Waals surface area contributed by atoms with Crippen molar-refractivity contribution in [1.82, 2.24) is 0 Å². The molecule has 0 spiro atoms. The number of hydrogen-bond acceptors (Lipinski definition) is 6. The summed E-state index contributed by atoms with van der Waals surface area (Å²) in [6.45, 7) is 3.85. The minimum Gasteiger partial charge on any atom is -0.493 e. The fourth-order valence-electron chi connectivity index (χ4n) is 2.13. The largest absolute Gasteiger partial charge is 0.493 e. The van der Waals surface area contributed by atoms with E-state index in [4.69, 9.17) is 18.9 Å². The minimum absolute atomic E-state index is 0.00738. The lowest BCUT2D eigenvalue weighted by atomic mass is 10.0. The molecule has 0 bridgehead atoms. The van der Waals surface area contributed by atoms with E-state index in [1.807, 2.05) is 6.92 Å². The molecule has 0 unspecified atom stereocenters. The average molecular weight is 336 g/mol. The molecule has 6 heteroatoms. The number of methoxy groups -OCH3 is 3. The summed E-state index contributed by atoms with van der Waals surface area (Å²) in [5, 5.41) is 0. The Labute approximate surface area is 142 Å². The lowest BCUT2D eigenvalue weighted by Crippen LogP contribution is -2.16. The Kier molecular flexibility index (Phi) is 7.82. The second-order valence-corrected chi connectivity index (χ2v) is 4.87. The molecule has 1 aromatic carbocycles. The molecule has 0 amide bonds. The summed E-state index contributed by atoms with van der Waals surface area (Å²) in [6, 6.07) is 3.03. The molecule has 0 fully saturated rings. The van der Waals surface area contributed by atoms with Gasteiger partial charge >= 0.3 is 5.97 Å². The summed E-state index contributed by atoms with van der Waals surface area (Å²) < 4.78 is 20.7. The molecule has 0 aliphatic carbocycles. The molecule has 0 aliphatic rings. The Morgan fingerprint density at radius 3 is 2.00 bits per heavy atom. The Morgan fingerprint density at radius 2 is 1.58 bits per heavy atom. The van der Waals surface area contributed by atoms with Crippen molar-refractivity contribution in [3.63, 3.8) is 0 Å². The number of hydrogen-bond donors (Lipinski definition) is 0. The molecule has 132 valence electrons. The van der Waals surface area contributed by atoms with Gasteiger partial charge in [-0.05, 0) is 25.5 Å². The Bertz CT molecular complexity index is 593. The van der Waals surface area contributed by atoms with Crippen molar-refractivity contribution in [2.45, 2.75) is 26.7 Å². The summed E-state index contributed by atoms with van der Waals surface area (Å²) in [4.78, 5) is 24.9. The van der Waals surface area contributed by atoms with Gasteiger partial charge in [-0.25, -0.2) is 4.79 Å². The van der Waals surface area contributed by atoms with Gasteiger partial charge in [0.15, 0.2) is 17.3 Å². The third-order valence-corrected chi connectivity index (χ3v) is 3.30. The SMILES string of the molecule is CCC/C=C(\C(=O)OCC)C(=O)c1cc(OC)c(OC)c(OC)c1. The number of rotatable bonds is 9. The van der Waals surface area contributed by atoms with Crippen molar-refractivity contribution >= 4 is 11.8 Å².